The number of benzene rings is 1. The van der Waals surface area contributed by atoms with E-state index in [0.717, 1.165) is 24.8 Å². The molecule has 27 heavy (non-hydrogen) atoms. The number of primary amides is 1. The van der Waals surface area contributed by atoms with Crippen LogP contribution in [-0.4, -0.2) is 54.7 Å². The number of aromatic amines is 1. The van der Waals surface area contributed by atoms with Gasteiger partial charge in [-0.3, -0.25) is 14.7 Å². The molecule has 1 fully saturated rings. The van der Waals surface area contributed by atoms with E-state index in [-0.39, 0.29) is 22.4 Å². The maximum atomic E-state index is 12.9. The van der Waals surface area contributed by atoms with E-state index in [1.165, 1.54) is 6.07 Å². The summed E-state index contributed by atoms with van der Waals surface area (Å²) >= 11 is 0. The standard InChI is InChI=1S/C18H22N4O4S/c1-11-5-6-12(8-16(11)27(2,25)26)18(24)22-7-3-4-13(10-22)14-9-15(17(19)23)21-20-14/h5-6,8-9,13H,3-4,7,10H2,1-2H3,(H2,19,23)(H,20,21)/t13-/m1/s1. The number of nitrogens with one attached hydrogen (secondary N) is 1. The topological polar surface area (TPSA) is 126 Å². The van der Waals surface area contributed by atoms with E-state index in [1.807, 2.05) is 0 Å². The molecule has 144 valence electrons. The van der Waals surface area contributed by atoms with Crippen molar-refractivity contribution in [2.24, 2.45) is 5.73 Å². The largest absolute Gasteiger partial charge is 0.364 e. The Hall–Kier alpha value is -2.68. The molecule has 3 N–H and O–H groups in total. The van der Waals surface area contributed by atoms with Gasteiger partial charge in [-0.1, -0.05) is 6.07 Å². The summed E-state index contributed by atoms with van der Waals surface area (Å²) in [4.78, 5) is 26.0. The molecule has 1 atom stereocenters. The number of likely N-dealkylation sites (tertiary alicyclic amines) is 1. The highest BCUT2D eigenvalue weighted by Gasteiger charge is 2.27. The molecule has 1 aliphatic rings. The minimum Gasteiger partial charge on any atom is -0.364 e. The zero-order valence-corrected chi connectivity index (χ0v) is 16.0. The number of H-pyrrole nitrogens is 1. The third-order valence-corrected chi connectivity index (χ3v) is 6.07. The smallest absolute Gasteiger partial charge is 0.269 e. The average molecular weight is 390 g/mol. The predicted molar refractivity (Wildman–Crippen MR) is 99.3 cm³/mol. The van der Waals surface area contributed by atoms with Crippen LogP contribution in [0.2, 0.25) is 0 Å². The van der Waals surface area contributed by atoms with Gasteiger partial charge in [0.15, 0.2) is 9.84 Å². The summed E-state index contributed by atoms with van der Waals surface area (Å²) in [6.07, 6.45) is 2.79. The van der Waals surface area contributed by atoms with Crippen molar-refractivity contribution in [3.63, 3.8) is 0 Å². The third kappa shape index (κ3) is 4.02. The molecule has 0 spiro atoms. The first-order chi connectivity index (χ1) is 12.7. The number of carbonyl (C=O) groups is 2. The van der Waals surface area contributed by atoms with Crippen molar-refractivity contribution in [3.8, 4) is 0 Å². The molecule has 0 aliphatic carbocycles. The van der Waals surface area contributed by atoms with Crippen LogP contribution in [0.1, 0.15) is 50.9 Å². The van der Waals surface area contributed by atoms with Crippen molar-refractivity contribution in [2.45, 2.75) is 30.6 Å². The van der Waals surface area contributed by atoms with E-state index in [1.54, 1.807) is 30.0 Å². The number of piperidine rings is 1. The fraction of sp³-hybridized carbons (Fsp3) is 0.389. The highest BCUT2D eigenvalue weighted by molar-refractivity contribution is 7.90. The fourth-order valence-corrected chi connectivity index (χ4v) is 4.40. The molecule has 0 saturated carbocycles. The van der Waals surface area contributed by atoms with Crippen molar-refractivity contribution in [3.05, 3.63) is 46.8 Å². The molecule has 2 amide bonds. The molecule has 3 rings (SSSR count). The Morgan fingerprint density at radius 1 is 1.30 bits per heavy atom. The number of nitrogens with two attached hydrogens (primary N) is 1. The Bertz CT molecular complexity index is 997. The summed E-state index contributed by atoms with van der Waals surface area (Å²) in [5, 5.41) is 6.72. The molecule has 1 aromatic carbocycles. The number of hydrogen-bond acceptors (Lipinski definition) is 5. The molecule has 0 bridgehead atoms. The highest BCUT2D eigenvalue weighted by atomic mass is 32.2. The lowest BCUT2D eigenvalue weighted by Gasteiger charge is -2.32. The van der Waals surface area contributed by atoms with Crippen LogP contribution in [-0.2, 0) is 9.84 Å². The summed E-state index contributed by atoms with van der Waals surface area (Å²) in [6.45, 7) is 2.76. The van der Waals surface area contributed by atoms with Crippen LogP contribution in [0.25, 0.3) is 0 Å². The molecule has 8 nitrogen and oxygen atoms in total. The Morgan fingerprint density at radius 3 is 2.67 bits per heavy atom. The molecular formula is C18H22N4O4S. The number of carbonyl (C=O) groups excluding carboxylic acids is 2. The van der Waals surface area contributed by atoms with Crippen LogP contribution in [0.3, 0.4) is 0 Å². The lowest BCUT2D eigenvalue weighted by atomic mass is 9.94. The van der Waals surface area contributed by atoms with Gasteiger partial charge in [0.25, 0.3) is 11.8 Å². The molecule has 9 heteroatoms. The molecule has 1 aromatic heterocycles. The van der Waals surface area contributed by atoms with Crippen molar-refractivity contribution < 1.29 is 18.0 Å². The number of rotatable bonds is 4. The Kier molecular flexibility index (Phi) is 5.05. The predicted octanol–water partition coefficient (Wildman–Crippen LogP) is 1.24. The lowest BCUT2D eigenvalue weighted by Crippen LogP contribution is -2.39. The minimum atomic E-state index is -3.41. The van der Waals surface area contributed by atoms with E-state index in [4.69, 9.17) is 5.73 Å². The number of amides is 2. The molecule has 2 heterocycles. The fourth-order valence-electron chi connectivity index (χ4n) is 3.40. The van der Waals surface area contributed by atoms with Gasteiger partial charge in [-0.05, 0) is 43.5 Å². The van der Waals surface area contributed by atoms with Gasteiger partial charge in [0.05, 0.1) is 4.90 Å². The van der Waals surface area contributed by atoms with Crippen molar-refractivity contribution >= 4 is 21.7 Å². The molecule has 1 aliphatic heterocycles. The highest BCUT2D eigenvalue weighted by Crippen LogP contribution is 2.27. The zero-order valence-electron chi connectivity index (χ0n) is 15.2. The number of sulfone groups is 1. The Labute approximate surface area is 157 Å². The number of hydrogen-bond donors (Lipinski definition) is 2. The quantitative estimate of drug-likeness (QED) is 0.812. The third-order valence-electron chi connectivity index (χ3n) is 4.83. The van der Waals surface area contributed by atoms with Crippen LogP contribution in [0, 0.1) is 6.92 Å². The molecule has 0 radical (unpaired) electrons. The lowest BCUT2D eigenvalue weighted by molar-refractivity contribution is 0.0705. The first kappa shape index (κ1) is 19.1. The Balaban J connectivity index is 1.82. The Morgan fingerprint density at radius 2 is 2.04 bits per heavy atom. The second-order valence-electron chi connectivity index (χ2n) is 6.92. The van der Waals surface area contributed by atoms with Gasteiger partial charge in [0.2, 0.25) is 0 Å². The monoisotopic (exact) mass is 390 g/mol. The van der Waals surface area contributed by atoms with E-state index in [0.29, 0.717) is 24.2 Å². The van der Waals surface area contributed by atoms with E-state index < -0.39 is 15.7 Å². The average Bonchev–Trinajstić information content (AvgIpc) is 3.11. The van der Waals surface area contributed by atoms with E-state index >= 15 is 0 Å². The second kappa shape index (κ2) is 7.15. The minimum absolute atomic E-state index is 0.0168. The van der Waals surface area contributed by atoms with Gasteiger partial charge < -0.3 is 10.6 Å². The van der Waals surface area contributed by atoms with Gasteiger partial charge in [-0.15, -0.1) is 0 Å². The molecular weight excluding hydrogens is 368 g/mol. The summed E-state index contributed by atoms with van der Waals surface area (Å²) in [6, 6.07) is 6.36. The van der Waals surface area contributed by atoms with E-state index in [2.05, 4.69) is 10.2 Å². The van der Waals surface area contributed by atoms with Gasteiger partial charge >= 0.3 is 0 Å². The normalized spacial score (nSPS) is 17.7. The molecule has 0 unspecified atom stereocenters. The number of aryl methyl sites for hydroxylation is 1. The van der Waals surface area contributed by atoms with Crippen LogP contribution in [0.4, 0.5) is 0 Å². The van der Waals surface area contributed by atoms with Crippen molar-refractivity contribution in [2.75, 3.05) is 19.3 Å². The van der Waals surface area contributed by atoms with Crippen LogP contribution in [0.15, 0.2) is 29.2 Å². The SMILES string of the molecule is Cc1ccc(C(=O)N2CCC[C@@H](c3cc(C(N)=O)n[nH]3)C2)cc1S(C)(=O)=O. The van der Waals surface area contributed by atoms with Crippen LogP contribution in [0.5, 0.6) is 0 Å². The molecule has 2 aromatic rings. The van der Waals surface area contributed by atoms with Crippen molar-refractivity contribution in [1.29, 1.82) is 0 Å². The van der Waals surface area contributed by atoms with Crippen molar-refractivity contribution in [1.82, 2.24) is 15.1 Å². The maximum absolute atomic E-state index is 12.9. The summed E-state index contributed by atoms with van der Waals surface area (Å²) < 4.78 is 23.9. The van der Waals surface area contributed by atoms with Gasteiger partial charge in [0.1, 0.15) is 5.69 Å². The first-order valence-electron chi connectivity index (χ1n) is 8.62. The van der Waals surface area contributed by atoms with E-state index in [9.17, 15) is 18.0 Å². The maximum Gasteiger partial charge on any atom is 0.269 e. The summed E-state index contributed by atoms with van der Waals surface area (Å²) in [5.74, 6) is -0.795. The zero-order chi connectivity index (χ0) is 19.8. The van der Waals surface area contributed by atoms with Crippen LogP contribution >= 0.6 is 0 Å². The summed E-state index contributed by atoms with van der Waals surface area (Å²) in [7, 11) is -3.41. The first-order valence-corrected chi connectivity index (χ1v) is 10.5. The molecule has 1 saturated heterocycles. The summed E-state index contributed by atoms with van der Waals surface area (Å²) in [5.41, 5.74) is 7.14. The second-order valence-corrected chi connectivity index (χ2v) is 8.90. The van der Waals surface area contributed by atoms with Crippen LogP contribution < -0.4 is 5.73 Å². The number of nitrogens with zero attached hydrogens (tertiary/aromatic N) is 2. The van der Waals surface area contributed by atoms with Gasteiger partial charge in [-0.2, -0.15) is 5.10 Å². The number of aromatic nitrogens is 2. The van der Waals surface area contributed by atoms with Gasteiger partial charge in [-0.25, -0.2) is 8.42 Å². The van der Waals surface area contributed by atoms with Gasteiger partial charge in [0, 0.05) is 36.5 Å².